The SMILES string of the molecule is COc1ccc([C@H](CC(=O)c2ccc3ccccc3c2)[C@H](C#N)c2c(Cl)cccc2Cl)cc1. The normalized spacial score (nSPS) is 12.7. The van der Waals surface area contributed by atoms with Gasteiger partial charge >= 0.3 is 0 Å². The van der Waals surface area contributed by atoms with Crippen molar-refractivity contribution in [2.24, 2.45) is 0 Å². The van der Waals surface area contributed by atoms with Gasteiger partial charge in [-0.2, -0.15) is 5.26 Å². The van der Waals surface area contributed by atoms with Gasteiger partial charge in [0.25, 0.3) is 0 Å². The van der Waals surface area contributed by atoms with Crippen LogP contribution in [0.2, 0.25) is 10.0 Å². The van der Waals surface area contributed by atoms with E-state index in [1.165, 1.54) is 0 Å². The van der Waals surface area contributed by atoms with Crippen LogP contribution in [0.15, 0.2) is 84.9 Å². The average Bonchev–Trinajstić information content (AvgIpc) is 2.85. The second-order valence-electron chi connectivity index (χ2n) is 7.81. The predicted molar refractivity (Wildman–Crippen MR) is 133 cm³/mol. The summed E-state index contributed by atoms with van der Waals surface area (Å²) >= 11 is 12.9. The van der Waals surface area contributed by atoms with E-state index in [-0.39, 0.29) is 12.2 Å². The Bertz CT molecular complexity index is 1320. The summed E-state index contributed by atoms with van der Waals surface area (Å²) in [5.41, 5.74) is 1.98. The van der Waals surface area contributed by atoms with E-state index in [4.69, 9.17) is 27.9 Å². The number of fused-ring (bicyclic) bond motifs is 1. The van der Waals surface area contributed by atoms with Crippen molar-refractivity contribution >= 4 is 39.8 Å². The molecule has 0 radical (unpaired) electrons. The van der Waals surface area contributed by atoms with Gasteiger partial charge in [-0.05, 0) is 46.7 Å². The lowest BCUT2D eigenvalue weighted by molar-refractivity contribution is 0.0972. The number of carbonyl (C=O) groups is 1. The van der Waals surface area contributed by atoms with Gasteiger partial charge in [0.2, 0.25) is 0 Å². The minimum Gasteiger partial charge on any atom is -0.497 e. The molecule has 0 unspecified atom stereocenters. The summed E-state index contributed by atoms with van der Waals surface area (Å²) in [7, 11) is 1.59. The number of nitriles is 1. The van der Waals surface area contributed by atoms with Crippen molar-refractivity contribution in [2.75, 3.05) is 7.11 Å². The van der Waals surface area contributed by atoms with Gasteiger partial charge in [0.15, 0.2) is 5.78 Å². The summed E-state index contributed by atoms with van der Waals surface area (Å²) in [6.07, 6.45) is 0.129. The molecule has 0 fully saturated rings. The minimum absolute atomic E-state index is 0.0509. The molecule has 0 aliphatic heterocycles. The van der Waals surface area contributed by atoms with E-state index in [0.29, 0.717) is 26.9 Å². The van der Waals surface area contributed by atoms with Crippen LogP contribution in [-0.4, -0.2) is 12.9 Å². The molecule has 0 amide bonds. The van der Waals surface area contributed by atoms with E-state index in [0.717, 1.165) is 16.3 Å². The van der Waals surface area contributed by atoms with Crippen molar-refractivity contribution in [2.45, 2.75) is 18.3 Å². The lowest BCUT2D eigenvalue weighted by Crippen LogP contribution is -2.16. The molecule has 0 aliphatic carbocycles. The van der Waals surface area contributed by atoms with Gasteiger partial charge in [0.05, 0.1) is 19.1 Å². The summed E-state index contributed by atoms with van der Waals surface area (Å²) in [5.74, 6) is -0.506. The minimum atomic E-state index is -0.705. The van der Waals surface area contributed by atoms with Crippen LogP contribution in [-0.2, 0) is 0 Å². The molecule has 4 aromatic carbocycles. The maximum absolute atomic E-state index is 13.4. The lowest BCUT2D eigenvalue weighted by Gasteiger charge is -2.24. The molecular weight excluding hydrogens is 453 g/mol. The number of methoxy groups -OCH3 is 1. The summed E-state index contributed by atoms with van der Waals surface area (Å²) in [4.78, 5) is 13.4. The molecule has 0 N–H and O–H groups in total. The third-order valence-electron chi connectivity index (χ3n) is 5.87. The zero-order chi connectivity index (χ0) is 23.4. The van der Waals surface area contributed by atoms with Crippen molar-refractivity contribution in [3.63, 3.8) is 0 Å². The number of hydrogen-bond donors (Lipinski definition) is 0. The third-order valence-corrected chi connectivity index (χ3v) is 6.53. The first-order valence-corrected chi connectivity index (χ1v) is 11.3. The number of ether oxygens (including phenoxy) is 1. The number of Topliss-reactive ketones (excluding diaryl/α,β-unsaturated/α-hetero) is 1. The van der Waals surface area contributed by atoms with Gasteiger partial charge in [-0.1, -0.05) is 77.8 Å². The molecule has 0 saturated carbocycles. The molecule has 0 saturated heterocycles. The first-order chi connectivity index (χ1) is 16.0. The molecule has 3 nitrogen and oxygen atoms in total. The van der Waals surface area contributed by atoms with E-state index in [1.807, 2.05) is 66.7 Å². The summed E-state index contributed by atoms with van der Waals surface area (Å²) in [6.45, 7) is 0. The van der Waals surface area contributed by atoms with E-state index in [1.54, 1.807) is 25.3 Å². The van der Waals surface area contributed by atoms with Crippen LogP contribution in [0.1, 0.15) is 39.7 Å². The van der Waals surface area contributed by atoms with Gasteiger partial charge in [-0.15, -0.1) is 0 Å². The fourth-order valence-electron chi connectivity index (χ4n) is 4.12. The van der Waals surface area contributed by atoms with E-state index < -0.39 is 11.8 Å². The van der Waals surface area contributed by atoms with Crippen LogP contribution in [0.5, 0.6) is 5.75 Å². The number of hydrogen-bond acceptors (Lipinski definition) is 3. The zero-order valence-electron chi connectivity index (χ0n) is 18.0. The number of nitrogens with zero attached hydrogens (tertiary/aromatic N) is 1. The lowest BCUT2D eigenvalue weighted by atomic mass is 9.78. The Labute approximate surface area is 203 Å². The van der Waals surface area contributed by atoms with Crippen molar-refractivity contribution in [3.8, 4) is 11.8 Å². The standard InChI is InChI=1S/C28H21Cl2NO2/c1-33-22-13-11-19(12-14-22)23(24(17-31)28-25(29)7-4-8-26(28)30)16-27(32)21-10-9-18-5-2-3-6-20(18)15-21/h2-15,23-24H,16H2,1H3/t23-,24-/m0/s1. The number of halogens is 2. The predicted octanol–water partition coefficient (Wildman–Crippen LogP) is 7.82. The second-order valence-corrected chi connectivity index (χ2v) is 8.63. The monoisotopic (exact) mass is 473 g/mol. The molecule has 5 heteroatoms. The van der Waals surface area contributed by atoms with Gasteiger partial charge in [0, 0.05) is 33.5 Å². The van der Waals surface area contributed by atoms with Crippen molar-refractivity contribution in [1.29, 1.82) is 5.26 Å². The Morgan fingerprint density at radius 2 is 1.58 bits per heavy atom. The summed E-state index contributed by atoms with van der Waals surface area (Å²) in [5, 5.41) is 13.1. The zero-order valence-corrected chi connectivity index (χ0v) is 19.5. The largest absolute Gasteiger partial charge is 0.497 e. The first-order valence-electron chi connectivity index (χ1n) is 10.5. The molecular formula is C28H21Cl2NO2. The van der Waals surface area contributed by atoms with Gasteiger partial charge < -0.3 is 4.74 Å². The highest BCUT2D eigenvalue weighted by molar-refractivity contribution is 6.36. The first kappa shape index (κ1) is 22.9. The Morgan fingerprint density at radius 1 is 0.909 bits per heavy atom. The average molecular weight is 474 g/mol. The Morgan fingerprint density at radius 3 is 2.21 bits per heavy atom. The molecule has 4 aromatic rings. The topological polar surface area (TPSA) is 50.1 Å². The van der Waals surface area contributed by atoms with Gasteiger partial charge in [0.1, 0.15) is 5.75 Å². The Hall–Kier alpha value is -3.32. The van der Waals surface area contributed by atoms with Gasteiger partial charge in [-0.3, -0.25) is 4.79 Å². The van der Waals surface area contributed by atoms with Crippen LogP contribution < -0.4 is 4.74 Å². The highest BCUT2D eigenvalue weighted by Gasteiger charge is 2.31. The van der Waals surface area contributed by atoms with E-state index in [2.05, 4.69) is 6.07 Å². The smallest absolute Gasteiger partial charge is 0.163 e. The maximum Gasteiger partial charge on any atom is 0.163 e. The van der Waals surface area contributed by atoms with E-state index >= 15 is 0 Å². The Kier molecular flexibility index (Phi) is 6.99. The van der Waals surface area contributed by atoms with Crippen LogP contribution >= 0.6 is 23.2 Å². The van der Waals surface area contributed by atoms with E-state index in [9.17, 15) is 10.1 Å². The molecule has 33 heavy (non-hydrogen) atoms. The maximum atomic E-state index is 13.4. The third kappa shape index (κ3) is 4.88. The molecule has 0 aliphatic rings. The highest BCUT2D eigenvalue weighted by Crippen LogP contribution is 2.42. The van der Waals surface area contributed by atoms with Gasteiger partial charge in [-0.25, -0.2) is 0 Å². The summed E-state index contributed by atoms with van der Waals surface area (Å²) < 4.78 is 5.28. The molecule has 164 valence electrons. The van der Waals surface area contributed by atoms with Crippen molar-refractivity contribution < 1.29 is 9.53 Å². The van der Waals surface area contributed by atoms with Crippen LogP contribution in [0.25, 0.3) is 10.8 Å². The van der Waals surface area contributed by atoms with Crippen LogP contribution in [0.4, 0.5) is 0 Å². The fourth-order valence-corrected chi connectivity index (χ4v) is 4.76. The molecule has 0 aromatic heterocycles. The van der Waals surface area contributed by atoms with Crippen LogP contribution in [0, 0.1) is 11.3 Å². The molecule has 0 heterocycles. The molecule has 0 bridgehead atoms. The second kappa shape index (κ2) is 10.1. The molecule has 2 atom stereocenters. The molecule has 0 spiro atoms. The highest BCUT2D eigenvalue weighted by atomic mass is 35.5. The quantitative estimate of drug-likeness (QED) is 0.257. The number of ketones is 1. The fraction of sp³-hybridized carbons (Fsp3) is 0.143. The summed E-state index contributed by atoms with van der Waals surface area (Å²) in [6, 6.07) is 28.5. The molecule has 4 rings (SSSR count). The van der Waals surface area contributed by atoms with Crippen molar-refractivity contribution in [3.05, 3.63) is 112 Å². The van der Waals surface area contributed by atoms with Crippen LogP contribution in [0.3, 0.4) is 0 Å². The number of benzene rings is 4. The Balaban J connectivity index is 1.76. The number of carbonyl (C=O) groups excluding carboxylic acids is 1. The number of rotatable bonds is 7. The van der Waals surface area contributed by atoms with Crippen molar-refractivity contribution in [1.82, 2.24) is 0 Å².